The Morgan fingerprint density at radius 1 is 1.19 bits per heavy atom. The molecule has 2 aliphatic heterocycles. The zero-order chi connectivity index (χ0) is 21.7. The van der Waals surface area contributed by atoms with E-state index in [1.165, 1.54) is 5.56 Å². The smallest absolute Gasteiger partial charge is 0.252 e. The molecule has 2 heterocycles. The molecule has 2 aromatic rings. The van der Waals surface area contributed by atoms with Crippen LogP contribution in [0.25, 0.3) is 0 Å². The number of nitrogens with one attached hydrogen (secondary N) is 2. The number of carbonyl (C=O) groups excluding carboxylic acids is 2. The molecule has 2 amide bonds. The van der Waals surface area contributed by atoms with Crippen molar-refractivity contribution < 1.29 is 14.3 Å². The molecule has 1 spiro atoms. The number of nitrogens with zero attached hydrogens (tertiary/aromatic N) is 1. The van der Waals surface area contributed by atoms with E-state index in [9.17, 15) is 9.59 Å². The predicted octanol–water partition coefficient (Wildman–Crippen LogP) is 2.39. The van der Waals surface area contributed by atoms with Crippen LogP contribution in [0.3, 0.4) is 0 Å². The van der Waals surface area contributed by atoms with Gasteiger partial charge in [0.05, 0.1) is 11.5 Å². The molecule has 0 aliphatic carbocycles. The fourth-order valence-electron chi connectivity index (χ4n) is 4.91. The third kappa shape index (κ3) is 4.81. The Balaban J connectivity index is 1.56. The lowest BCUT2D eigenvalue weighted by Gasteiger charge is -2.34. The largest absolute Gasteiger partial charge is 0.385 e. The topological polar surface area (TPSA) is 70.7 Å². The monoisotopic (exact) mass is 421 g/mol. The molecule has 2 atom stereocenters. The molecule has 6 nitrogen and oxygen atoms in total. The van der Waals surface area contributed by atoms with Crippen LogP contribution in [-0.4, -0.2) is 55.6 Å². The molecule has 0 aromatic heterocycles. The molecule has 0 radical (unpaired) electrons. The van der Waals surface area contributed by atoms with Crippen LogP contribution >= 0.6 is 0 Å². The summed E-state index contributed by atoms with van der Waals surface area (Å²) in [5, 5.41) is 6.37. The molecule has 1 saturated heterocycles. The normalized spacial score (nSPS) is 23.3. The second-order valence-corrected chi connectivity index (χ2v) is 8.61. The minimum atomic E-state index is -0.573. The van der Waals surface area contributed by atoms with E-state index in [-0.39, 0.29) is 17.7 Å². The van der Waals surface area contributed by atoms with Crippen molar-refractivity contribution in [2.45, 2.75) is 31.3 Å². The lowest BCUT2D eigenvalue weighted by atomic mass is 9.82. The number of benzene rings is 2. The van der Waals surface area contributed by atoms with Crippen molar-refractivity contribution in [1.29, 1.82) is 0 Å². The van der Waals surface area contributed by atoms with Gasteiger partial charge >= 0.3 is 0 Å². The summed E-state index contributed by atoms with van der Waals surface area (Å²) in [5.74, 6) is -0.359. The van der Waals surface area contributed by atoms with E-state index in [2.05, 4.69) is 27.7 Å². The number of rotatable bonds is 7. The zero-order valence-corrected chi connectivity index (χ0v) is 18.1. The van der Waals surface area contributed by atoms with Gasteiger partial charge in [-0.3, -0.25) is 14.5 Å². The van der Waals surface area contributed by atoms with Crippen LogP contribution < -0.4 is 10.6 Å². The van der Waals surface area contributed by atoms with Gasteiger partial charge < -0.3 is 15.4 Å². The highest BCUT2D eigenvalue weighted by atomic mass is 16.5. The van der Waals surface area contributed by atoms with Gasteiger partial charge in [0, 0.05) is 45.5 Å². The molecule has 2 N–H and O–H groups in total. The number of aryl methyl sites for hydroxylation is 1. The van der Waals surface area contributed by atoms with Gasteiger partial charge in [0.1, 0.15) is 0 Å². The maximum Gasteiger partial charge on any atom is 0.252 e. The molecular formula is C25H31N3O3. The first kappa shape index (κ1) is 21.5. The highest BCUT2D eigenvalue weighted by molar-refractivity contribution is 5.97. The molecule has 0 bridgehead atoms. The van der Waals surface area contributed by atoms with Gasteiger partial charge in [-0.1, -0.05) is 48.5 Å². The summed E-state index contributed by atoms with van der Waals surface area (Å²) in [7, 11) is 1.66. The fourth-order valence-corrected chi connectivity index (χ4v) is 4.91. The standard InChI is InChI=1S/C25H31N3O3/c1-31-15-7-14-26-24(30)22-17-28(16-19-8-3-2-4-9-19)18-25(22)13-12-20-10-5-6-11-21(20)23(29)27-25/h2-6,8-11,22H,7,12-18H2,1H3,(H,26,30)(H,27,29)/t22-,25+/m0/s1. The number of hydrogen-bond acceptors (Lipinski definition) is 4. The van der Waals surface area contributed by atoms with Crippen LogP contribution in [0.4, 0.5) is 0 Å². The summed E-state index contributed by atoms with van der Waals surface area (Å²) in [6.07, 6.45) is 2.30. The lowest BCUT2D eigenvalue weighted by molar-refractivity contribution is -0.126. The quantitative estimate of drug-likeness (QED) is 0.674. The number of methoxy groups -OCH3 is 1. The van der Waals surface area contributed by atoms with Gasteiger partial charge in [0.15, 0.2) is 0 Å². The Kier molecular flexibility index (Phi) is 6.68. The van der Waals surface area contributed by atoms with Crippen molar-refractivity contribution in [2.75, 3.05) is 33.4 Å². The Morgan fingerprint density at radius 3 is 2.77 bits per heavy atom. The van der Waals surface area contributed by atoms with Crippen LogP contribution in [0.2, 0.25) is 0 Å². The SMILES string of the molecule is COCCCNC(=O)[C@@H]1CN(Cc2ccccc2)C[C@]12CCc1ccccc1C(=O)N2. The van der Waals surface area contributed by atoms with Crippen LogP contribution in [0.15, 0.2) is 54.6 Å². The Hall–Kier alpha value is -2.70. The molecule has 164 valence electrons. The van der Waals surface area contributed by atoms with Crippen molar-refractivity contribution in [3.63, 3.8) is 0 Å². The molecule has 0 unspecified atom stereocenters. The first-order valence-corrected chi connectivity index (χ1v) is 11.0. The molecule has 6 heteroatoms. The van der Waals surface area contributed by atoms with E-state index in [0.29, 0.717) is 26.2 Å². The molecule has 2 aliphatic rings. The van der Waals surface area contributed by atoms with Gasteiger partial charge in [-0.15, -0.1) is 0 Å². The number of amides is 2. The third-order valence-corrected chi connectivity index (χ3v) is 6.47. The molecule has 0 saturated carbocycles. The zero-order valence-electron chi connectivity index (χ0n) is 18.1. The van der Waals surface area contributed by atoms with Crippen LogP contribution in [0.5, 0.6) is 0 Å². The van der Waals surface area contributed by atoms with Gasteiger partial charge in [-0.05, 0) is 36.5 Å². The minimum Gasteiger partial charge on any atom is -0.385 e. The highest BCUT2D eigenvalue weighted by Crippen LogP contribution is 2.36. The summed E-state index contributed by atoms with van der Waals surface area (Å²) in [4.78, 5) is 28.7. The average molecular weight is 422 g/mol. The Labute approximate surface area is 184 Å². The summed E-state index contributed by atoms with van der Waals surface area (Å²) >= 11 is 0. The maximum atomic E-state index is 13.2. The van der Waals surface area contributed by atoms with Crippen molar-refractivity contribution in [3.8, 4) is 0 Å². The van der Waals surface area contributed by atoms with Crippen molar-refractivity contribution >= 4 is 11.8 Å². The van der Waals surface area contributed by atoms with Gasteiger partial charge in [0.2, 0.25) is 5.91 Å². The fraction of sp³-hybridized carbons (Fsp3) is 0.440. The summed E-state index contributed by atoms with van der Waals surface area (Å²) in [6, 6.07) is 18.0. The van der Waals surface area contributed by atoms with E-state index >= 15 is 0 Å². The molecule has 2 aromatic carbocycles. The van der Waals surface area contributed by atoms with Gasteiger partial charge in [0.25, 0.3) is 5.91 Å². The summed E-state index contributed by atoms with van der Waals surface area (Å²) in [5.41, 5.74) is 2.41. The number of hydrogen-bond donors (Lipinski definition) is 2. The Bertz CT molecular complexity index is 917. The van der Waals surface area contributed by atoms with E-state index in [1.54, 1.807) is 7.11 Å². The first-order chi connectivity index (χ1) is 15.1. The second kappa shape index (κ2) is 9.62. The molecule has 4 rings (SSSR count). The third-order valence-electron chi connectivity index (χ3n) is 6.47. The van der Waals surface area contributed by atoms with Crippen LogP contribution in [0, 0.1) is 5.92 Å². The van der Waals surface area contributed by atoms with Gasteiger partial charge in [-0.25, -0.2) is 0 Å². The van der Waals surface area contributed by atoms with E-state index < -0.39 is 5.54 Å². The van der Waals surface area contributed by atoms with Gasteiger partial charge in [-0.2, -0.15) is 0 Å². The summed E-state index contributed by atoms with van der Waals surface area (Å²) < 4.78 is 5.09. The van der Waals surface area contributed by atoms with Crippen molar-refractivity contribution in [1.82, 2.24) is 15.5 Å². The summed E-state index contributed by atoms with van der Waals surface area (Å²) in [6.45, 7) is 3.24. The lowest BCUT2D eigenvalue weighted by Crippen LogP contribution is -2.57. The van der Waals surface area contributed by atoms with Crippen molar-refractivity contribution in [2.24, 2.45) is 5.92 Å². The predicted molar refractivity (Wildman–Crippen MR) is 120 cm³/mol. The van der Waals surface area contributed by atoms with Crippen LogP contribution in [0.1, 0.15) is 34.3 Å². The van der Waals surface area contributed by atoms with E-state index in [0.717, 1.165) is 36.9 Å². The Morgan fingerprint density at radius 2 is 1.97 bits per heavy atom. The number of likely N-dealkylation sites (tertiary alicyclic amines) is 1. The minimum absolute atomic E-state index is 0.0120. The number of ether oxygens (including phenoxy) is 1. The average Bonchev–Trinajstić information content (AvgIpc) is 3.06. The molecule has 1 fully saturated rings. The van der Waals surface area contributed by atoms with Crippen LogP contribution in [-0.2, 0) is 22.5 Å². The molecular weight excluding hydrogens is 390 g/mol. The molecule has 31 heavy (non-hydrogen) atoms. The van der Waals surface area contributed by atoms with E-state index in [4.69, 9.17) is 4.74 Å². The number of fused-ring (bicyclic) bond motifs is 1. The van der Waals surface area contributed by atoms with Crippen molar-refractivity contribution in [3.05, 3.63) is 71.3 Å². The van der Waals surface area contributed by atoms with E-state index in [1.807, 2.05) is 42.5 Å². The first-order valence-electron chi connectivity index (χ1n) is 11.0. The number of carbonyl (C=O) groups is 2. The second-order valence-electron chi connectivity index (χ2n) is 8.61. The maximum absolute atomic E-state index is 13.2. The highest BCUT2D eigenvalue weighted by Gasteiger charge is 2.51.